The van der Waals surface area contributed by atoms with Crippen LogP contribution in [0, 0.1) is 5.92 Å². The van der Waals surface area contributed by atoms with Crippen LogP contribution in [0.2, 0.25) is 10.0 Å². The Labute approximate surface area is 116 Å². The van der Waals surface area contributed by atoms with Gasteiger partial charge in [-0.05, 0) is 18.2 Å². The first kappa shape index (κ1) is 15.3. The first-order valence-electron chi connectivity index (χ1n) is 5.03. The predicted octanol–water partition coefficient (Wildman–Crippen LogP) is 2.58. The first-order chi connectivity index (χ1) is 8.27. The monoisotopic (exact) mass is 310 g/mol. The van der Waals surface area contributed by atoms with Crippen molar-refractivity contribution in [2.75, 3.05) is 12.9 Å². The molecule has 0 aliphatic carbocycles. The maximum atomic E-state index is 12.1. The van der Waals surface area contributed by atoms with Gasteiger partial charge in [-0.3, -0.25) is 4.79 Å². The van der Waals surface area contributed by atoms with E-state index in [1.54, 1.807) is 0 Å². The van der Waals surface area contributed by atoms with Crippen LogP contribution in [0.1, 0.15) is 6.92 Å². The van der Waals surface area contributed by atoms with Crippen LogP contribution < -0.4 is 0 Å². The fourth-order valence-corrected chi connectivity index (χ4v) is 3.76. The lowest BCUT2D eigenvalue weighted by molar-refractivity contribution is -0.144. The maximum Gasteiger partial charge on any atom is 0.309 e. The van der Waals surface area contributed by atoms with Crippen molar-refractivity contribution in [2.24, 2.45) is 5.92 Å². The van der Waals surface area contributed by atoms with Gasteiger partial charge in [0.2, 0.25) is 0 Å². The molecule has 0 radical (unpaired) electrons. The van der Waals surface area contributed by atoms with E-state index in [-0.39, 0.29) is 20.7 Å². The number of benzene rings is 1. The van der Waals surface area contributed by atoms with Crippen LogP contribution in [0.5, 0.6) is 0 Å². The third kappa shape index (κ3) is 3.60. The fourth-order valence-electron chi connectivity index (χ4n) is 1.40. The highest BCUT2D eigenvalue weighted by atomic mass is 35.5. The van der Waals surface area contributed by atoms with E-state index < -0.39 is 21.7 Å². The summed E-state index contributed by atoms with van der Waals surface area (Å²) in [5, 5.41) is 0.347. The number of carbonyl (C=O) groups excluding carboxylic acids is 1. The molecule has 1 aromatic rings. The molecule has 0 fully saturated rings. The average molecular weight is 311 g/mol. The van der Waals surface area contributed by atoms with Crippen LogP contribution in [0.3, 0.4) is 0 Å². The second kappa shape index (κ2) is 5.91. The number of ether oxygens (including phenoxy) is 1. The summed E-state index contributed by atoms with van der Waals surface area (Å²) in [6.07, 6.45) is 0. The standard InChI is InChI=1S/C11H12Cl2O4S/c1-7(11(14)17-2)6-18(15,16)10-5-8(12)3-4-9(10)13/h3-5,7H,6H2,1-2H3. The molecule has 100 valence electrons. The number of rotatable bonds is 4. The minimum Gasteiger partial charge on any atom is -0.469 e. The molecule has 0 aromatic heterocycles. The summed E-state index contributed by atoms with van der Waals surface area (Å²) in [5.41, 5.74) is 0. The lowest BCUT2D eigenvalue weighted by atomic mass is 10.2. The summed E-state index contributed by atoms with van der Waals surface area (Å²) in [4.78, 5) is 11.2. The summed E-state index contributed by atoms with van der Waals surface area (Å²) >= 11 is 11.6. The number of esters is 1. The zero-order chi connectivity index (χ0) is 13.9. The SMILES string of the molecule is COC(=O)C(C)CS(=O)(=O)c1cc(Cl)ccc1Cl. The number of methoxy groups -OCH3 is 1. The van der Waals surface area contributed by atoms with Crippen molar-refractivity contribution in [1.82, 2.24) is 0 Å². The Hall–Kier alpha value is -0.780. The molecule has 1 rings (SSSR count). The van der Waals surface area contributed by atoms with E-state index in [4.69, 9.17) is 23.2 Å². The van der Waals surface area contributed by atoms with Crippen LogP contribution in [0.15, 0.2) is 23.1 Å². The van der Waals surface area contributed by atoms with E-state index in [0.29, 0.717) is 0 Å². The van der Waals surface area contributed by atoms with Crippen LogP contribution in [0.4, 0.5) is 0 Å². The third-order valence-electron chi connectivity index (χ3n) is 2.30. The van der Waals surface area contributed by atoms with Gasteiger partial charge in [0.1, 0.15) is 0 Å². The van der Waals surface area contributed by atoms with Crippen LogP contribution >= 0.6 is 23.2 Å². The Morgan fingerprint density at radius 1 is 1.39 bits per heavy atom. The van der Waals surface area contributed by atoms with Crippen LogP contribution in [0.25, 0.3) is 0 Å². The molecule has 0 aliphatic rings. The molecule has 0 heterocycles. The molecule has 0 spiro atoms. The second-order valence-electron chi connectivity index (χ2n) is 3.78. The Balaban J connectivity index is 3.07. The lowest BCUT2D eigenvalue weighted by Crippen LogP contribution is -2.22. The van der Waals surface area contributed by atoms with E-state index in [9.17, 15) is 13.2 Å². The number of halogens is 2. The van der Waals surface area contributed by atoms with Gasteiger partial charge in [0.15, 0.2) is 9.84 Å². The van der Waals surface area contributed by atoms with Crippen molar-refractivity contribution in [3.8, 4) is 0 Å². The van der Waals surface area contributed by atoms with Crippen molar-refractivity contribution >= 4 is 39.0 Å². The zero-order valence-corrected chi connectivity index (χ0v) is 12.1. The van der Waals surface area contributed by atoms with E-state index in [2.05, 4.69) is 4.74 Å². The van der Waals surface area contributed by atoms with Crippen molar-refractivity contribution < 1.29 is 17.9 Å². The normalized spacial score (nSPS) is 13.1. The topological polar surface area (TPSA) is 60.4 Å². The van der Waals surface area contributed by atoms with Gasteiger partial charge in [-0.25, -0.2) is 8.42 Å². The first-order valence-corrected chi connectivity index (χ1v) is 7.44. The maximum absolute atomic E-state index is 12.1. The van der Waals surface area contributed by atoms with Crippen LogP contribution in [-0.4, -0.2) is 27.2 Å². The average Bonchev–Trinajstić information content (AvgIpc) is 2.30. The Morgan fingerprint density at radius 3 is 2.56 bits per heavy atom. The molecule has 4 nitrogen and oxygen atoms in total. The highest BCUT2D eigenvalue weighted by molar-refractivity contribution is 7.91. The van der Waals surface area contributed by atoms with Gasteiger partial charge < -0.3 is 4.74 Å². The number of hydrogen-bond donors (Lipinski definition) is 0. The number of sulfone groups is 1. The minimum absolute atomic E-state index is 0.0765. The summed E-state index contributed by atoms with van der Waals surface area (Å²) in [6.45, 7) is 1.47. The van der Waals surface area contributed by atoms with Crippen molar-refractivity contribution in [3.63, 3.8) is 0 Å². The van der Waals surface area contributed by atoms with E-state index in [1.165, 1.54) is 32.2 Å². The Kier molecular flexibility index (Phi) is 5.01. The molecule has 1 unspecified atom stereocenters. The highest BCUT2D eigenvalue weighted by Crippen LogP contribution is 2.27. The molecule has 0 N–H and O–H groups in total. The van der Waals surface area contributed by atoms with Crippen molar-refractivity contribution in [1.29, 1.82) is 0 Å². The molecule has 1 aromatic carbocycles. The van der Waals surface area contributed by atoms with Gasteiger partial charge in [-0.15, -0.1) is 0 Å². The molecule has 7 heteroatoms. The Bertz CT molecular complexity index is 554. The molecule has 0 aliphatic heterocycles. The van der Waals surface area contributed by atoms with Gasteiger partial charge >= 0.3 is 5.97 Å². The largest absolute Gasteiger partial charge is 0.469 e. The summed E-state index contributed by atoms with van der Waals surface area (Å²) in [5.74, 6) is -1.73. The molecule has 0 saturated heterocycles. The predicted molar refractivity (Wildman–Crippen MR) is 69.7 cm³/mol. The van der Waals surface area contributed by atoms with Gasteiger partial charge in [0, 0.05) is 5.02 Å². The molecule has 0 bridgehead atoms. The van der Waals surface area contributed by atoms with E-state index >= 15 is 0 Å². The minimum atomic E-state index is -3.69. The zero-order valence-electron chi connectivity index (χ0n) is 9.81. The quantitative estimate of drug-likeness (QED) is 0.802. The number of carbonyl (C=O) groups is 1. The van der Waals surface area contributed by atoms with E-state index in [0.717, 1.165) is 0 Å². The lowest BCUT2D eigenvalue weighted by Gasteiger charge is -2.11. The molecular formula is C11H12Cl2O4S. The van der Waals surface area contributed by atoms with Crippen molar-refractivity contribution in [3.05, 3.63) is 28.2 Å². The smallest absolute Gasteiger partial charge is 0.309 e. The molecule has 1 atom stereocenters. The van der Waals surface area contributed by atoms with Crippen LogP contribution in [-0.2, 0) is 19.4 Å². The Morgan fingerprint density at radius 2 is 2.00 bits per heavy atom. The molecule has 0 saturated carbocycles. The summed E-state index contributed by atoms with van der Waals surface area (Å²) in [6, 6.07) is 4.16. The molecular weight excluding hydrogens is 299 g/mol. The van der Waals surface area contributed by atoms with Gasteiger partial charge in [-0.1, -0.05) is 30.1 Å². The molecule has 18 heavy (non-hydrogen) atoms. The van der Waals surface area contributed by atoms with E-state index in [1.807, 2.05) is 0 Å². The van der Waals surface area contributed by atoms with Gasteiger partial charge in [0.05, 0.1) is 28.7 Å². The summed E-state index contributed by atoms with van der Waals surface area (Å²) in [7, 11) is -2.48. The fraction of sp³-hybridized carbons (Fsp3) is 0.364. The van der Waals surface area contributed by atoms with Gasteiger partial charge in [0.25, 0.3) is 0 Å². The second-order valence-corrected chi connectivity index (χ2v) is 6.63. The highest BCUT2D eigenvalue weighted by Gasteiger charge is 2.25. The molecule has 0 amide bonds. The third-order valence-corrected chi connectivity index (χ3v) is 4.92. The summed E-state index contributed by atoms with van der Waals surface area (Å²) < 4.78 is 28.7. The van der Waals surface area contributed by atoms with Gasteiger partial charge in [-0.2, -0.15) is 0 Å². The van der Waals surface area contributed by atoms with Crippen molar-refractivity contribution in [2.45, 2.75) is 11.8 Å². The number of hydrogen-bond acceptors (Lipinski definition) is 4.